The zero-order valence-corrected chi connectivity index (χ0v) is 23.4. The van der Waals surface area contributed by atoms with Crippen LogP contribution < -0.4 is 15.4 Å². The van der Waals surface area contributed by atoms with Crippen LogP contribution >= 0.6 is 11.3 Å². The molecule has 6 nitrogen and oxygen atoms in total. The van der Waals surface area contributed by atoms with E-state index in [-0.39, 0.29) is 12.3 Å². The number of alkyl halides is 3. The first kappa shape index (κ1) is 28.8. The number of hydrogen-bond acceptors (Lipinski definition) is 7. The second-order valence-corrected chi connectivity index (χ2v) is 11.2. The Balaban J connectivity index is 1.28. The third-order valence-electron chi connectivity index (χ3n) is 7.42. The van der Waals surface area contributed by atoms with E-state index in [1.807, 2.05) is 24.6 Å². The number of ether oxygens (including phenoxy) is 1. The van der Waals surface area contributed by atoms with Gasteiger partial charge >= 0.3 is 12.1 Å². The maximum Gasteiger partial charge on any atom is 0.416 e. The molecule has 10 heteroatoms. The molecule has 2 heterocycles. The molecule has 0 saturated heterocycles. The lowest BCUT2D eigenvalue weighted by molar-refractivity contribution is -0.138. The summed E-state index contributed by atoms with van der Waals surface area (Å²) in [7, 11) is 1.97. The van der Waals surface area contributed by atoms with E-state index in [1.165, 1.54) is 42.7 Å². The summed E-state index contributed by atoms with van der Waals surface area (Å²) in [6.45, 7) is 0. The largest absolute Gasteiger partial charge is 0.416 e. The van der Waals surface area contributed by atoms with Crippen LogP contribution in [-0.2, 0) is 17.4 Å². The maximum atomic E-state index is 13.1. The Labute approximate surface area is 241 Å². The zero-order valence-electron chi connectivity index (χ0n) is 22.6. The van der Waals surface area contributed by atoms with Crippen LogP contribution in [0.4, 0.5) is 19.1 Å². The van der Waals surface area contributed by atoms with Gasteiger partial charge in [0, 0.05) is 24.2 Å². The molecule has 5 rings (SSSR count). The molecule has 2 N–H and O–H groups in total. The van der Waals surface area contributed by atoms with Crippen LogP contribution in [0.3, 0.4) is 0 Å². The number of anilines is 1. The highest BCUT2D eigenvalue weighted by molar-refractivity contribution is 7.13. The molecule has 41 heavy (non-hydrogen) atoms. The Morgan fingerprint density at radius 2 is 1.71 bits per heavy atom. The number of aromatic nitrogens is 2. The van der Waals surface area contributed by atoms with Crippen molar-refractivity contribution in [2.75, 3.05) is 11.9 Å². The Morgan fingerprint density at radius 1 is 1.05 bits per heavy atom. The van der Waals surface area contributed by atoms with Gasteiger partial charge in [0.2, 0.25) is 11.8 Å². The fourth-order valence-corrected chi connectivity index (χ4v) is 5.76. The number of esters is 1. The van der Waals surface area contributed by atoms with Crippen LogP contribution in [0, 0.1) is 0 Å². The molecular formula is C31H31F3N4O2S. The van der Waals surface area contributed by atoms with E-state index >= 15 is 0 Å². The molecule has 1 fully saturated rings. The number of carbonyl (C=O) groups excluding carboxylic acids is 1. The number of carbonyl (C=O) groups is 1. The molecule has 4 aromatic rings. The van der Waals surface area contributed by atoms with Crippen molar-refractivity contribution < 1.29 is 22.7 Å². The van der Waals surface area contributed by atoms with Gasteiger partial charge in [0.25, 0.3) is 0 Å². The highest BCUT2D eigenvalue weighted by Crippen LogP contribution is 2.34. The van der Waals surface area contributed by atoms with Crippen LogP contribution in [0.5, 0.6) is 5.88 Å². The first-order valence-corrected chi connectivity index (χ1v) is 14.4. The number of thiophene rings is 1. The van der Waals surface area contributed by atoms with Gasteiger partial charge in [0.15, 0.2) is 0 Å². The molecule has 0 bridgehead atoms. The second-order valence-electron chi connectivity index (χ2n) is 10.3. The quantitative estimate of drug-likeness (QED) is 0.223. The predicted octanol–water partition coefficient (Wildman–Crippen LogP) is 7.14. The summed E-state index contributed by atoms with van der Waals surface area (Å²) in [4.78, 5) is 25.3. The molecule has 2 aromatic heterocycles. The number of nitrogens with two attached hydrogens (primary N) is 1. The van der Waals surface area contributed by atoms with Crippen LogP contribution in [0.2, 0.25) is 0 Å². The summed E-state index contributed by atoms with van der Waals surface area (Å²) in [5.74, 6) is 0.0743. The maximum absolute atomic E-state index is 13.1. The van der Waals surface area contributed by atoms with Crippen molar-refractivity contribution in [3.05, 3.63) is 83.4 Å². The summed E-state index contributed by atoms with van der Waals surface area (Å²) >= 11 is 1.50. The molecular weight excluding hydrogens is 549 g/mol. The zero-order chi connectivity index (χ0) is 29.0. The van der Waals surface area contributed by atoms with Crippen molar-refractivity contribution in [3.63, 3.8) is 0 Å². The molecule has 2 aromatic carbocycles. The van der Waals surface area contributed by atoms with Crippen LogP contribution in [0.1, 0.15) is 43.2 Å². The average Bonchev–Trinajstić information content (AvgIpc) is 3.52. The van der Waals surface area contributed by atoms with E-state index in [1.54, 1.807) is 30.5 Å². The highest BCUT2D eigenvalue weighted by atomic mass is 32.1. The molecule has 1 atom stereocenters. The minimum Gasteiger partial charge on any atom is -0.405 e. The monoisotopic (exact) mass is 580 g/mol. The lowest BCUT2D eigenvalue weighted by atomic mass is 9.95. The molecule has 1 aliphatic carbocycles. The van der Waals surface area contributed by atoms with Crippen LogP contribution in [-0.4, -0.2) is 35.1 Å². The summed E-state index contributed by atoms with van der Waals surface area (Å²) < 4.78 is 44.4. The van der Waals surface area contributed by atoms with Gasteiger partial charge in [0.1, 0.15) is 6.04 Å². The Bertz CT molecular complexity index is 1450. The molecule has 0 spiro atoms. The van der Waals surface area contributed by atoms with Crippen molar-refractivity contribution in [2.45, 2.75) is 56.8 Å². The van der Waals surface area contributed by atoms with Gasteiger partial charge in [0.05, 0.1) is 11.1 Å². The van der Waals surface area contributed by atoms with E-state index in [0.29, 0.717) is 23.1 Å². The smallest absolute Gasteiger partial charge is 0.405 e. The van der Waals surface area contributed by atoms with Gasteiger partial charge in [-0.1, -0.05) is 61.7 Å². The molecule has 214 valence electrons. The Kier molecular flexibility index (Phi) is 8.70. The van der Waals surface area contributed by atoms with E-state index in [4.69, 9.17) is 10.5 Å². The van der Waals surface area contributed by atoms with Crippen molar-refractivity contribution in [1.29, 1.82) is 0 Å². The van der Waals surface area contributed by atoms with E-state index in [9.17, 15) is 18.0 Å². The number of rotatable bonds is 8. The molecule has 0 radical (unpaired) electrons. The van der Waals surface area contributed by atoms with Gasteiger partial charge < -0.3 is 15.4 Å². The fourth-order valence-electron chi connectivity index (χ4n) is 5.03. The second kappa shape index (κ2) is 12.4. The molecule has 1 saturated carbocycles. The van der Waals surface area contributed by atoms with Gasteiger partial charge in [-0.15, -0.1) is 11.3 Å². The summed E-state index contributed by atoms with van der Waals surface area (Å²) in [6.07, 6.45) is 3.27. The standard InChI is InChI=1S/C31H31F3N4O2S/c1-38(24-6-3-2-4-7-24)30-36-19-25(27-8-5-17-41-27)28(37-30)40-29(39)26(35)18-20-9-11-21(12-10-20)22-13-15-23(16-14-22)31(32,33)34/h5,8-17,19,24,26H,2-4,6-7,18,35H2,1H3/t26-/m0/s1. The summed E-state index contributed by atoms with van der Waals surface area (Å²) in [6, 6.07) is 15.4. The third-order valence-corrected chi connectivity index (χ3v) is 8.32. The van der Waals surface area contributed by atoms with E-state index < -0.39 is 23.8 Å². The summed E-state index contributed by atoms with van der Waals surface area (Å²) in [5.41, 5.74) is 8.40. The molecule has 0 amide bonds. The van der Waals surface area contributed by atoms with Gasteiger partial charge in [-0.05, 0) is 59.5 Å². The number of halogens is 3. The van der Waals surface area contributed by atoms with Crippen molar-refractivity contribution >= 4 is 23.3 Å². The Hall–Kier alpha value is -3.76. The number of nitrogens with zero attached hydrogens (tertiary/aromatic N) is 3. The van der Waals surface area contributed by atoms with Crippen LogP contribution in [0.15, 0.2) is 72.2 Å². The van der Waals surface area contributed by atoms with Crippen LogP contribution in [0.25, 0.3) is 21.6 Å². The minimum atomic E-state index is -4.38. The van der Waals surface area contributed by atoms with Crippen molar-refractivity contribution in [2.24, 2.45) is 5.73 Å². The molecule has 0 unspecified atom stereocenters. The van der Waals surface area contributed by atoms with Crippen molar-refractivity contribution in [1.82, 2.24) is 9.97 Å². The lowest BCUT2D eigenvalue weighted by Crippen LogP contribution is -2.37. The normalized spacial score (nSPS) is 15.0. The average molecular weight is 581 g/mol. The molecule has 1 aliphatic rings. The van der Waals surface area contributed by atoms with Gasteiger partial charge in [-0.3, -0.25) is 0 Å². The lowest BCUT2D eigenvalue weighted by Gasteiger charge is -2.31. The summed E-state index contributed by atoms with van der Waals surface area (Å²) in [5, 5.41) is 1.93. The van der Waals surface area contributed by atoms with E-state index in [0.717, 1.165) is 41.0 Å². The Morgan fingerprint density at radius 3 is 2.32 bits per heavy atom. The van der Waals surface area contributed by atoms with Crippen molar-refractivity contribution in [3.8, 4) is 27.4 Å². The first-order valence-electron chi connectivity index (χ1n) is 13.6. The van der Waals surface area contributed by atoms with Gasteiger partial charge in [-0.25, -0.2) is 9.78 Å². The highest BCUT2D eigenvalue weighted by Gasteiger charge is 2.30. The SMILES string of the molecule is CN(c1ncc(-c2cccs2)c(OC(=O)[C@@H](N)Cc2ccc(-c3ccc(C(F)(F)F)cc3)cc2)n1)C1CCCCC1. The predicted molar refractivity (Wildman–Crippen MR) is 155 cm³/mol. The topological polar surface area (TPSA) is 81.3 Å². The fraction of sp³-hybridized carbons (Fsp3) is 0.323. The third kappa shape index (κ3) is 6.94. The van der Waals surface area contributed by atoms with E-state index in [2.05, 4.69) is 14.9 Å². The number of benzene rings is 2. The minimum absolute atomic E-state index is 0.179. The number of hydrogen-bond donors (Lipinski definition) is 1. The van der Waals surface area contributed by atoms with Gasteiger partial charge in [-0.2, -0.15) is 18.2 Å². The molecule has 0 aliphatic heterocycles. The first-order chi connectivity index (χ1) is 19.7.